The molecule has 0 N–H and O–H groups in total. The molecule has 1 aliphatic carbocycles. The van der Waals surface area contributed by atoms with Crippen LogP contribution in [0, 0.1) is 0 Å². The zero-order chi connectivity index (χ0) is 13.9. The number of amides is 1. The third kappa shape index (κ3) is 4.35. The van der Waals surface area contributed by atoms with Crippen LogP contribution in [-0.2, 0) is 4.79 Å². The van der Waals surface area contributed by atoms with Crippen LogP contribution in [-0.4, -0.2) is 39.5 Å². The summed E-state index contributed by atoms with van der Waals surface area (Å²) in [5.74, 6) is -0.648. The quantitative estimate of drug-likeness (QED) is 0.787. The van der Waals surface area contributed by atoms with E-state index >= 15 is 0 Å². The zero-order valence-electron chi connectivity index (χ0n) is 9.97. The molecule has 1 heterocycles. The standard InChI is InChI=1S/C12H12F3N3O/c13-12(14,15)8-18(10-2-3-10)11(19)4-1-9-7-16-5-6-17-9/h1,4-7,10H,2-3,8H2. The molecule has 0 bridgehead atoms. The van der Waals surface area contributed by atoms with Crippen LogP contribution in [0.4, 0.5) is 13.2 Å². The maximum absolute atomic E-state index is 12.4. The van der Waals surface area contributed by atoms with E-state index in [1.165, 1.54) is 24.7 Å². The lowest BCUT2D eigenvalue weighted by molar-refractivity contribution is -0.159. The molecular formula is C12H12F3N3O. The van der Waals surface area contributed by atoms with Crippen molar-refractivity contribution in [2.24, 2.45) is 0 Å². The molecule has 0 saturated heterocycles. The third-order valence-electron chi connectivity index (χ3n) is 2.60. The first-order chi connectivity index (χ1) is 8.96. The first-order valence-corrected chi connectivity index (χ1v) is 5.77. The number of halogens is 3. The van der Waals surface area contributed by atoms with Crippen molar-refractivity contribution in [1.29, 1.82) is 0 Å². The van der Waals surface area contributed by atoms with Gasteiger partial charge in [0.1, 0.15) is 6.54 Å². The number of carbonyl (C=O) groups excluding carboxylic acids is 1. The first kappa shape index (κ1) is 13.5. The van der Waals surface area contributed by atoms with Crippen molar-refractivity contribution in [3.05, 3.63) is 30.4 Å². The molecule has 0 atom stereocenters. The Morgan fingerprint density at radius 1 is 1.42 bits per heavy atom. The van der Waals surface area contributed by atoms with E-state index < -0.39 is 18.6 Å². The molecule has 0 aromatic carbocycles. The van der Waals surface area contributed by atoms with Crippen LogP contribution < -0.4 is 0 Å². The first-order valence-electron chi connectivity index (χ1n) is 5.77. The van der Waals surface area contributed by atoms with Gasteiger partial charge in [-0.15, -0.1) is 0 Å². The second-order valence-corrected chi connectivity index (χ2v) is 4.28. The summed E-state index contributed by atoms with van der Waals surface area (Å²) in [6.45, 7) is -1.21. The van der Waals surface area contributed by atoms with Crippen LogP contribution in [0.1, 0.15) is 18.5 Å². The van der Waals surface area contributed by atoms with E-state index in [-0.39, 0.29) is 6.04 Å². The number of nitrogens with zero attached hydrogens (tertiary/aromatic N) is 3. The smallest absolute Gasteiger partial charge is 0.327 e. The maximum Gasteiger partial charge on any atom is 0.406 e. The lowest BCUT2D eigenvalue weighted by Gasteiger charge is -2.22. The van der Waals surface area contributed by atoms with Gasteiger partial charge in [-0.2, -0.15) is 13.2 Å². The van der Waals surface area contributed by atoms with Gasteiger partial charge in [-0.25, -0.2) is 0 Å². The molecule has 19 heavy (non-hydrogen) atoms. The molecule has 1 aliphatic rings. The third-order valence-corrected chi connectivity index (χ3v) is 2.60. The topological polar surface area (TPSA) is 46.1 Å². The Balaban J connectivity index is 2.02. The predicted molar refractivity (Wildman–Crippen MR) is 61.9 cm³/mol. The van der Waals surface area contributed by atoms with Crippen molar-refractivity contribution in [1.82, 2.24) is 14.9 Å². The van der Waals surface area contributed by atoms with E-state index in [9.17, 15) is 18.0 Å². The van der Waals surface area contributed by atoms with Crippen molar-refractivity contribution >= 4 is 12.0 Å². The lowest BCUT2D eigenvalue weighted by Crippen LogP contribution is -2.39. The molecule has 1 amide bonds. The van der Waals surface area contributed by atoms with Gasteiger partial charge in [-0.05, 0) is 18.9 Å². The Morgan fingerprint density at radius 3 is 2.68 bits per heavy atom. The van der Waals surface area contributed by atoms with Crippen molar-refractivity contribution < 1.29 is 18.0 Å². The fourth-order valence-corrected chi connectivity index (χ4v) is 1.62. The van der Waals surface area contributed by atoms with Gasteiger partial charge in [0, 0.05) is 24.5 Å². The predicted octanol–water partition coefficient (Wildman–Crippen LogP) is 2.04. The van der Waals surface area contributed by atoms with E-state index in [0.29, 0.717) is 18.5 Å². The summed E-state index contributed by atoms with van der Waals surface area (Å²) in [6, 6.07) is -0.291. The molecule has 1 saturated carbocycles. The summed E-state index contributed by atoms with van der Waals surface area (Å²) in [4.78, 5) is 20.3. The number of rotatable bonds is 4. The highest BCUT2D eigenvalue weighted by Gasteiger charge is 2.39. The van der Waals surface area contributed by atoms with Crippen LogP contribution in [0.15, 0.2) is 24.7 Å². The molecule has 1 aromatic heterocycles. The fourth-order valence-electron chi connectivity index (χ4n) is 1.62. The number of alkyl halides is 3. The normalized spacial score (nSPS) is 15.7. The van der Waals surface area contributed by atoms with E-state index in [0.717, 1.165) is 11.0 Å². The van der Waals surface area contributed by atoms with Gasteiger partial charge in [0.2, 0.25) is 5.91 Å². The number of aromatic nitrogens is 2. The van der Waals surface area contributed by atoms with Gasteiger partial charge < -0.3 is 4.90 Å². The van der Waals surface area contributed by atoms with Gasteiger partial charge in [-0.3, -0.25) is 14.8 Å². The Kier molecular flexibility index (Phi) is 3.82. The second-order valence-electron chi connectivity index (χ2n) is 4.28. The van der Waals surface area contributed by atoms with E-state index in [1.807, 2.05) is 0 Å². The highest BCUT2D eigenvalue weighted by molar-refractivity contribution is 5.91. The Hall–Kier alpha value is -1.92. The van der Waals surface area contributed by atoms with Crippen LogP contribution in [0.2, 0.25) is 0 Å². The molecule has 1 fully saturated rings. The fraction of sp³-hybridized carbons (Fsp3) is 0.417. The summed E-state index contributed by atoms with van der Waals surface area (Å²) >= 11 is 0. The minimum atomic E-state index is -4.38. The minimum absolute atomic E-state index is 0.291. The van der Waals surface area contributed by atoms with E-state index in [2.05, 4.69) is 9.97 Å². The van der Waals surface area contributed by atoms with Gasteiger partial charge in [0.15, 0.2) is 0 Å². The molecule has 2 rings (SSSR count). The van der Waals surface area contributed by atoms with Crippen molar-refractivity contribution in [2.75, 3.05) is 6.54 Å². The molecular weight excluding hydrogens is 259 g/mol. The number of carbonyl (C=O) groups is 1. The second kappa shape index (κ2) is 5.38. The van der Waals surface area contributed by atoms with Crippen molar-refractivity contribution in [3.8, 4) is 0 Å². The highest BCUT2D eigenvalue weighted by Crippen LogP contribution is 2.30. The molecule has 0 aliphatic heterocycles. The molecule has 7 heteroatoms. The molecule has 0 radical (unpaired) electrons. The summed E-state index contributed by atoms with van der Waals surface area (Å²) in [6.07, 6.45) is 3.68. The van der Waals surface area contributed by atoms with Crippen LogP contribution in [0.25, 0.3) is 6.08 Å². The van der Waals surface area contributed by atoms with Crippen LogP contribution in [0.3, 0.4) is 0 Å². The Bertz CT molecular complexity index is 469. The van der Waals surface area contributed by atoms with Crippen LogP contribution >= 0.6 is 0 Å². The van der Waals surface area contributed by atoms with Crippen molar-refractivity contribution in [3.63, 3.8) is 0 Å². The Morgan fingerprint density at radius 2 is 2.16 bits per heavy atom. The molecule has 0 spiro atoms. The van der Waals surface area contributed by atoms with Gasteiger partial charge in [0.25, 0.3) is 0 Å². The Labute approximate surface area is 108 Å². The number of hydrogen-bond acceptors (Lipinski definition) is 3. The number of hydrogen-bond donors (Lipinski definition) is 0. The van der Waals surface area contributed by atoms with Crippen molar-refractivity contribution in [2.45, 2.75) is 25.1 Å². The SMILES string of the molecule is O=C(C=Cc1cnccn1)N(CC(F)(F)F)C1CC1. The summed E-state index contributed by atoms with van der Waals surface area (Å²) in [7, 11) is 0. The largest absolute Gasteiger partial charge is 0.406 e. The molecule has 4 nitrogen and oxygen atoms in total. The highest BCUT2D eigenvalue weighted by atomic mass is 19.4. The molecule has 1 aromatic rings. The van der Waals surface area contributed by atoms with Gasteiger partial charge in [0.05, 0.1) is 11.9 Å². The average molecular weight is 271 g/mol. The van der Waals surface area contributed by atoms with Gasteiger partial charge in [-0.1, -0.05) is 0 Å². The summed E-state index contributed by atoms with van der Waals surface area (Å²) in [5.41, 5.74) is 0.429. The average Bonchev–Trinajstić information content (AvgIpc) is 3.17. The minimum Gasteiger partial charge on any atom is -0.327 e. The van der Waals surface area contributed by atoms with E-state index in [1.54, 1.807) is 0 Å². The summed E-state index contributed by atoms with van der Waals surface area (Å²) < 4.78 is 37.1. The molecule has 102 valence electrons. The lowest BCUT2D eigenvalue weighted by atomic mass is 10.3. The monoisotopic (exact) mass is 271 g/mol. The zero-order valence-corrected chi connectivity index (χ0v) is 9.97. The van der Waals surface area contributed by atoms with Gasteiger partial charge >= 0.3 is 6.18 Å². The van der Waals surface area contributed by atoms with E-state index in [4.69, 9.17) is 0 Å². The molecule has 0 unspecified atom stereocenters. The maximum atomic E-state index is 12.4. The summed E-state index contributed by atoms with van der Waals surface area (Å²) in [5, 5.41) is 0. The van der Waals surface area contributed by atoms with Crippen LogP contribution in [0.5, 0.6) is 0 Å².